The van der Waals surface area contributed by atoms with Gasteiger partial charge in [0.1, 0.15) is 5.75 Å². The zero-order valence-corrected chi connectivity index (χ0v) is 18.7. The van der Waals surface area contributed by atoms with E-state index in [1.165, 1.54) is 6.26 Å². The second-order valence-corrected chi connectivity index (χ2v) is 10.3. The van der Waals surface area contributed by atoms with Gasteiger partial charge in [0.15, 0.2) is 12.4 Å². The number of aldehydes is 1. The molecule has 1 aliphatic carbocycles. The van der Waals surface area contributed by atoms with Crippen LogP contribution in [-0.2, 0) is 19.6 Å². The third-order valence-corrected chi connectivity index (χ3v) is 6.73. The van der Waals surface area contributed by atoms with E-state index in [1.54, 1.807) is 6.92 Å². The second kappa shape index (κ2) is 10.7. The zero-order valence-electron chi connectivity index (χ0n) is 17.9. The van der Waals surface area contributed by atoms with Crippen molar-refractivity contribution in [1.29, 1.82) is 0 Å². The van der Waals surface area contributed by atoms with E-state index in [9.17, 15) is 13.2 Å². The maximum Gasteiger partial charge on any atom is 0.209 e. The van der Waals surface area contributed by atoms with Gasteiger partial charge in [-0.3, -0.25) is 4.79 Å². The average Bonchev–Trinajstić information content (AvgIpc) is 2.73. The largest absolute Gasteiger partial charge is 0.483 e. The fraction of sp³-hybridized carbons (Fsp3) is 0.682. The van der Waals surface area contributed by atoms with Gasteiger partial charge in [-0.2, -0.15) is 0 Å². The van der Waals surface area contributed by atoms with Gasteiger partial charge < -0.3 is 14.8 Å². The minimum atomic E-state index is -3.23. The highest BCUT2D eigenvalue weighted by atomic mass is 32.2. The minimum Gasteiger partial charge on any atom is -0.483 e. The summed E-state index contributed by atoms with van der Waals surface area (Å²) >= 11 is 0. The molecule has 0 amide bonds. The summed E-state index contributed by atoms with van der Waals surface area (Å²) in [4.78, 5) is 11.0. The number of para-hydroxylation sites is 1. The molecular weight excluding hydrogens is 404 g/mol. The summed E-state index contributed by atoms with van der Waals surface area (Å²) in [5.41, 5.74) is 1.16. The van der Waals surface area contributed by atoms with Crippen LogP contribution in [0.1, 0.15) is 56.9 Å². The fourth-order valence-corrected chi connectivity index (χ4v) is 5.31. The Bertz CT molecular complexity index is 792. The third kappa shape index (κ3) is 6.77. The van der Waals surface area contributed by atoms with Crippen LogP contribution in [0.2, 0.25) is 0 Å². The van der Waals surface area contributed by atoms with E-state index in [1.807, 2.05) is 18.2 Å². The molecule has 0 aromatic heterocycles. The van der Waals surface area contributed by atoms with Gasteiger partial charge in [0.05, 0.1) is 19.0 Å². The molecule has 1 heterocycles. The number of hydrogen-bond donors (Lipinski definition) is 2. The van der Waals surface area contributed by atoms with E-state index in [0.29, 0.717) is 12.5 Å². The van der Waals surface area contributed by atoms with E-state index < -0.39 is 16.1 Å². The first-order valence-corrected chi connectivity index (χ1v) is 12.8. The first-order chi connectivity index (χ1) is 14.4. The highest BCUT2D eigenvalue weighted by Crippen LogP contribution is 2.38. The van der Waals surface area contributed by atoms with Crippen molar-refractivity contribution in [3.8, 4) is 5.75 Å². The Labute approximate surface area is 180 Å². The average molecular weight is 439 g/mol. The van der Waals surface area contributed by atoms with Gasteiger partial charge in [0.25, 0.3) is 0 Å². The monoisotopic (exact) mass is 438 g/mol. The number of carbonyl (C=O) groups excluding carboxylic acids is 1. The molecule has 2 fully saturated rings. The molecule has 0 bridgehead atoms. The van der Waals surface area contributed by atoms with Crippen molar-refractivity contribution in [3.63, 3.8) is 0 Å². The molecule has 0 spiro atoms. The molecule has 1 saturated heterocycles. The summed E-state index contributed by atoms with van der Waals surface area (Å²) in [6.07, 6.45) is 7.46. The van der Waals surface area contributed by atoms with E-state index in [2.05, 4.69) is 16.1 Å². The Hall–Kier alpha value is -1.48. The number of piperidine rings is 1. The predicted octanol–water partition coefficient (Wildman–Crippen LogP) is 2.37. The number of benzene rings is 1. The van der Waals surface area contributed by atoms with Crippen molar-refractivity contribution in [1.82, 2.24) is 10.0 Å². The fourth-order valence-electron chi connectivity index (χ4n) is 4.48. The van der Waals surface area contributed by atoms with Crippen LogP contribution in [0.3, 0.4) is 0 Å². The smallest absolute Gasteiger partial charge is 0.209 e. The van der Waals surface area contributed by atoms with Crippen LogP contribution in [-0.4, -0.2) is 58.4 Å². The molecule has 1 aromatic rings. The molecule has 3 atom stereocenters. The predicted molar refractivity (Wildman–Crippen MR) is 116 cm³/mol. The second-order valence-electron chi connectivity index (χ2n) is 8.50. The summed E-state index contributed by atoms with van der Waals surface area (Å²) in [7, 11) is -3.23. The van der Waals surface area contributed by atoms with Gasteiger partial charge >= 0.3 is 0 Å². The van der Waals surface area contributed by atoms with Crippen molar-refractivity contribution in [3.05, 3.63) is 29.8 Å². The van der Waals surface area contributed by atoms with Gasteiger partial charge in [0, 0.05) is 12.1 Å². The molecular formula is C22H34N2O5S. The summed E-state index contributed by atoms with van der Waals surface area (Å²) in [6.45, 7) is 3.15. The van der Waals surface area contributed by atoms with Crippen LogP contribution in [0.4, 0.5) is 0 Å². The van der Waals surface area contributed by atoms with Gasteiger partial charge in [-0.15, -0.1) is 0 Å². The standard InChI is InChI=1S/C22H34N2O5S/c1-16(14-25)29-22-8-4-3-6-19(22)17-9-11-18(12-10-17)28-15-21-20(7-5-13-23-21)24-30(2,26)27/h3-4,6,8,14,16-18,20-21,23-24H,5,7,9-13,15H2,1-2H3/t16-,17?,18?,20-,21-/m0/s1. The molecule has 2 N–H and O–H groups in total. The normalized spacial score (nSPS) is 28.6. The van der Waals surface area contributed by atoms with E-state index >= 15 is 0 Å². The first-order valence-electron chi connectivity index (χ1n) is 10.9. The number of ether oxygens (including phenoxy) is 2. The summed E-state index contributed by atoms with van der Waals surface area (Å²) < 4.78 is 38.0. The molecule has 1 aliphatic heterocycles. The lowest BCUT2D eigenvalue weighted by Crippen LogP contribution is -2.55. The number of rotatable bonds is 9. The number of carbonyl (C=O) groups is 1. The van der Waals surface area contributed by atoms with Crippen LogP contribution in [0.15, 0.2) is 24.3 Å². The van der Waals surface area contributed by atoms with Crippen molar-refractivity contribution in [2.75, 3.05) is 19.4 Å². The summed E-state index contributed by atoms with van der Waals surface area (Å²) in [5, 5.41) is 3.40. The van der Waals surface area contributed by atoms with Crippen LogP contribution >= 0.6 is 0 Å². The lowest BCUT2D eigenvalue weighted by molar-refractivity contribution is -0.113. The van der Waals surface area contributed by atoms with Gasteiger partial charge in [-0.05, 0) is 69.5 Å². The minimum absolute atomic E-state index is 0.00477. The molecule has 7 nitrogen and oxygen atoms in total. The first kappa shape index (κ1) is 23.2. The number of sulfonamides is 1. The van der Waals surface area contributed by atoms with Crippen molar-refractivity contribution < 1.29 is 22.7 Å². The maximum absolute atomic E-state index is 11.6. The Morgan fingerprint density at radius 1 is 1.20 bits per heavy atom. The van der Waals surface area contributed by atoms with Crippen molar-refractivity contribution in [2.45, 2.75) is 75.7 Å². The summed E-state index contributed by atoms with van der Waals surface area (Å²) in [5.74, 6) is 1.19. The summed E-state index contributed by atoms with van der Waals surface area (Å²) in [6, 6.07) is 7.86. The molecule has 0 radical (unpaired) electrons. The lowest BCUT2D eigenvalue weighted by atomic mass is 9.82. The van der Waals surface area contributed by atoms with Crippen LogP contribution in [0, 0.1) is 0 Å². The maximum atomic E-state index is 11.6. The highest BCUT2D eigenvalue weighted by Gasteiger charge is 2.30. The molecule has 1 saturated carbocycles. The van der Waals surface area contributed by atoms with Crippen molar-refractivity contribution >= 4 is 16.3 Å². The SMILES string of the molecule is C[C@@H](C=O)Oc1ccccc1C1CCC(OC[C@@H]2NCCC[C@@H]2NS(C)(=O)=O)CC1. The van der Waals surface area contributed by atoms with E-state index in [0.717, 1.165) is 62.7 Å². The molecule has 30 heavy (non-hydrogen) atoms. The van der Waals surface area contributed by atoms with Gasteiger partial charge in [-0.1, -0.05) is 18.2 Å². The van der Waals surface area contributed by atoms with Gasteiger partial charge in [0.2, 0.25) is 10.0 Å². The number of hydrogen-bond acceptors (Lipinski definition) is 6. The topological polar surface area (TPSA) is 93.7 Å². The highest BCUT2D eigenvalue weighted by molar-refractivity contribution is 7.88. The molecule has 2 aliphatic rings. The quantitative estimate of drug-likeness (QED) is 0.575. The Balaban J connectivity index is 1.51. The van der Waals surface area contributed by atoms with Crippen LogP contribution in [0.5, 0.6) is 5.75 Å². The van der Waals surface area contributed by atoms with Crippen LogP contribution < -0.4 is 14.8 Å². The van der Waals surface area contributed by atoms with Crippen LogP contribution in [0.25, 0.3) is 0 Å². The van der Waals surface area contributed by atoms with Crippen molar-refractivity contribution in [2.24, 2.45) is 0 Å². The lowest BCUT2D eigenvalue weighted by Gasteiger charge is -2.35. The molecule has 0 unspecified atom stereocenters. The molecule has 3 rings (SSSR count). The number of nitrogens with one attached hydrogen (secondary N) is 2. The van der Waals surface area contributed by atoms with Gasteiger partial charge in [-0.25, -0.2) is 13.1 Å². The Morgan fingerprint density at radius 2 is 1.93 bits per heavy atom. The molecule has 168 valence electrons. The molecule has 1 aromatic carbocycles. The Morgan fingerprint density at radius 3 is 2.63 bits per heavy atom. The molecule has 8 heteroatoms. The Kier molecular flexibility index (Phi) is 8.27. The third-order valence-electron chi connectivity index (χ3n) is 6.00. The van der Waals surface area contributed by atoms with E-state index in [4.69, 9.17) is 9.47 Å². The van der Waals surface area contributed by atoms with E-state index in [-0.39, 0.29) is 18.2 Å². The zero-order chi connectivity index (χ0) is 21.6.